The summed E-state index contributed by atoms with van der Waals surface area (Å²) in [6.45, 7) is 0. The molecule has 16 heavy (non-hydrogen) atoms. The molecule has 0 saturated heterocycles. The van der Waals surface area contributed by atoms with Gasteiger partial charge in [-0.05, 0) is 17.7 Å². The van der Waals surface area contributed by atoms with E-state index in [0.717, 1.165) is 11.8 Å². The molecular formula is C10H15N3O2S. The van der Waals surface area contributed by atoms with E-state index in [1.54, 1.807) is 24.3 Å². The third kappa shape index (κ3) is 3.23. The number of hydrogen-bond donors (Lipinski definition) is 2. The molecule has 0 spiro atoms. The molecule has 0 amide bonds. The Balaban J connectivity index is 2.91. The molecule has 1 aromatic rings. The SMILES string of the molecule is CN(c1ccc(CC(=N)N)cc1)S(C)(=O)=O. The van der Waals surface area contributed by atoms with Crippen LogP contribution in [-0.2, 0) is 16.4 Å². The molecule has 0 atom stereocenters. The summed E-state index contributed by atoms with van der Waals surface area (Å²) in [5.74, 6) is 0.0872. The first-order valence-corrected chi connectivity index (χ1v) is 6.51. The number of nitrogens with zero attached hydrogens (tertiary/aromatic N) is 1. The van der Waals surface area contributed by atoms with Crippen LogP contribution in [0.15, 0.2) is 24.3 Å². The van der Waals surface area contributed by atoms with Crippen molar-refractivity contribution in [2.75, 3.05) is 17.6 Å². The number of nitrogens with one attached hydrogen (secondary N) is 1. The Morgan fingerprint density at radius 2 is 1.88 bits per heavy atom. The third-order valence-electron chi connectivity index (χ3n) is 2.19. The minimum Gasteiger partial charge on any atom is -0.387 e. The number of benzene rings is 1. The van der Waals surface area contributed by atoms with Crippen molar-refractivity contribution in [2.45, 2.75) is 6.42 Å². The second kappa shape index (κ2) is 4.52. The zero-order valence-corrected chi connectivity index (χ0v) is 10.1. The van der Waals surface area contributed by atoms with Crippen molar-refractivity contribution in [3.05, 3.63) is 29.8 Å². The first-order chi connectivity index (χ1) is 7.30. The summed E-state index contributed by atoms with van der Waals surface area (Å²) in [5.41, 5.74) is 6.75. The van der Waals surface area contributed by atoms with Crippen LogP contribution in [0.25, 0.3) is 0 Å². The fraction of sp³-hybridized carbons (Fsp3) is 0.300. The highest BCUT2D eigenvalue weighted by Crippen LogP contribution is 2.16. The van der Waals surface area contributed by atoms with Crippen molar-refractivity contribution in [3.63, 3.8) is 0 Å². The highest BCUT2D eigenvalue weighted by Gasteiger charge is 2.11. The van der Waals surface area contributed by atoms with Crippen LogP contribution < -0.4 is 10.0 Å². The third-order valence-corrected chi connectivity index (χ3v) is 3.40. The Morgan fingerprint density at radius 3 is 2.25 bits per heavy atom. The molecule has 1 aromatic carbocycles. The Bertz CT molecular complexity index is 479. The number of amidine groups is 1. The van der Waals surface area contributed by atoms with Crippen LogP contribution in [0.1, 0.15) is 5.56 Å². The van der Waals surface area contributed by atoms with Crippen LogP contribution in [0, 0.1) is 5.41 Å². The van der Waals surface area contributed by atoms with Gasteiger partial charge in [-0.15, -0.1) is 0 Å². The van der Waals surface area contributed by atoms with E-state index in [1.165, 1.54) is 11.4 Å². The first kappa shape index (κ1) is 12.5. The molecule has 0 radical (unpaired) electrons. The molecule has 0 aliphatic heterocycles. The Hall–Kier alpha value is -1.56. The summed E-state index contributed by atoms with van der Waals surface area (Å²) < 4.78 is 23.7. The van der Waals surface area contributed by atoms with Crippen molar-refractivity contribution in [2.24, 2.45) is 5.73 Å². The zero-order chi connectivity index (χ0) is 12.3. The van der Waals surface area contributed by atoms with E-state index in [9.17, 15) is 8.42 Å². The molecule has 88 valence electrons. The van der Waals surface area contributed by atoms with E-state index in [1.807, 2.05) is 0 Å². The second-order valence-electron chi connectivity index (χ2n) is 3.60. The Labute approximate surface area is 95.4 Å². The van der Waals surface area contributed by atoms with E-state index < -0.39 is 10.0 Å². The minimum atomic E-state index is -3.23. The maximum atomic E-state index is 11.3. The molecule has 0 bridgehead atoms. The van der Waals surface area contributed by atoms with Crippen LogP contribution in [0.4, 0.5) is 5.69 Å². The van der Waals surface area contributed by atoms with Gasteiger partial charge in [-0.1, -0.05) is 12.1 Å². The van der Waals surface area contributed by atoms with Crippen molar-refractivity contribution >= 4 is 21.5 Å². The molecule has 0 aliphatic carbocycles. The maximum absolute atomic E-state index is 11.3. The molecule has 6 heteroatoms. The van der Waals surface area contributed by atoms with E-state index in [4.69, 9.17) is 11.1 Å². The number of sulfonamides is 1. The van der Waals surface area contributed by atoms with Crippen LogP contribution in [0.3, 0.4) is 0 Å². The van der Waals surface area contributed by atoms with Gasteiger partial charge in [0.15, 0.2) is 0 Å². The van der Waals surface area contributed by atoms with Gasteiger partial charge in [0.25, 0.3) is 0 Å². The molecule has 5 nitrogen and oxygen atoms in total. The lowest BCUT2D eigenvalue weighted by atomic mass is 10.1. The number of rotatable bonds is 4. The van der Waals surface area contributed by atoms with E-state index in [-0.39, 0.29) is 5.84 Å². The summed E-state index contributed by atoms with van der Waals surface area (Å²) in [7, 11) is -1.73. The smallest absolute Gasteiger partial charge is 0.231 e. The van der Waals surface area contributed by atoms with Gasteiger partial charge in [-0.25, -0.2) is 8.42 Å². The molecule has 0 fully saturated rings. The highest BCUT2D eigenvalue weighted by molar-refractivity contribution is 7.92. The van der Waals surface area contributed by atoms with Gasteiger partial charge < -0.3 is 5.73 Å². The summed E-state index contributed by atoms with van der Waals surface area (Å²) in [4.78, 5) is 0. The zero-order valence-electron chi connectivity index (χ0n) is 9.27. The lowest BCUT2D eigenvalue weighted by Crippen LogP contribution is -2.24. The van der Waals surface area contributed by atoms with Gasteiger partial charge in [-0.3, -0.25) is 9.71 Å². The lowest BCUT2D eigenvalue weighted by molar-refractivity contribution is 0.600. The Morgan fingerprint density at radius 1 is 1.38 bits per heavy atom. The topological polar surface area (TPSA) is 87.2 Å². The van der Waals surface area contributed by atoms with E-state index >= 15 is 0 Å². The van der Waals surface area contributed by atoms with Crippen molar-refractivity contribution in [3.8, 4) is 0 Å². The average molecular weight is 241 g/mol. The van der Waals surface area contributed by atoms with Gasteiger partial charge >= 0.3 is 0 Å². The van der Waals surface area contributed by atoms with Crippen LogP contribution in [0.2, 0.25) is 0 Å². The number of hydrogen-bond acceptors (Lipinski definition) is 3. The van der Waals surface area contributed by atoms with Crippen LogP contribution in [-0.4, -0.2) is 27.6 Å². The fourth-order valence-corrected chi connectivity index (χ4v) is 1.74. The predicted molar refractivity (Wildman–Crippen MR) is 65.3 cm³/mol. The van der Waals surface area contributed by atoms with Crippen molar-refractivity contribution in [1.29, 1.82) is 5.41 Å². The highest BCUT2D eigenvalue weighted by atomic mass is 32.2. The fourth-order valence-electron chi connectivity index (χ4n) is 1.24. The van der Waals surface area contributed by atoms with Crippen molar-refractivity contribution < 1.29 is 8.42 Å². The molecule has 0 unspecified atom stereocenters. The molecule has 0 heterocycles. The van der Waals surface area contributed by atoms with Gasteiger partial charge in [0.1, 0.15) is 0 Å². The molecule has 3 N–H and O–H groups in total. The summed E-state index contributed by atoms with van der Waals surface area (Å²) in [6, 6.07) is 6.91. The van der Waals surface area contributed by atoms with Crippen LogP contribution in [0.5, 0.6) is 0 Å². The quantitative estimate of drug-likeness (QED) is 0.596. The summed E-state index contributed by atoms with van der Waals surface area (Å²) >= 11 is 0. The molecular weight excluding hydrogens is 226 g/mol. The van der Waals surface area contributed by atoms with Crippen LogP contribution >= 0.6 is 0 Å². The minimum absolute atomic E-state index is 0.0872. The lowest BCUT2D eigenvalue weighted by Gasteiger charge is -2.16. The van der Waals surface area contributed by atoms with Crippen molar-refractivity contribution in [1.82, 2.24) is 0 Å². The van der Waals surface area contributed by atoms with Gasteiger partial charge in [-0.2, -0.15) is 0 Å². The number of nitrogens with two attached hydrogens (primary N) is 1. The van der Waals surface area contributed by atoms with Gasteiger partial charge in [0.05, 0.1) is 17.8 Å². The van der Waals surface area contributed by atoms with E-state index in [0.29, 0.717) is 12.1 Å². The molecule has 0 aliphatic rings. The first-order valence-electron chi connectivity index (χ1n) is 4.66. The summed E-state index contributed by atoms with van der Waals surface area (Å²) in [6.07, 6.45) is 1.53. The normalized spacial score (nSPS) is 11.1. The largest absolute Gasteiger partial charge is 0.387 e. The number of anilines is 1. The maximum Gasteiger partial charge on any atom is 0.231 e. The molecule has 0 saturated carbocycles. The van der Waals surface area contributed by atoms with Gasteiger partial charge in [0.2, 0.25) is 10.0 Å². The standard InChI is InChI=1S/C10H15N3O2S/c1-13(16(2,14)15)9-5-3-8(4-6-9)7-10(11)12/h3-6H,7H2,1-2H3,(H3,11,12). The average Bonchev–Trinajstić information content (AvgIpc) is 2.15. The predicted octanol–water partition coefficient (Wildman–Crippen LogP) is 0.561. The van der Waals surface area contributed by atoms with E-state index in [2.05, 4.69) is 0 Å². The van der Waals surface area contributed by atoms with Gasteiger partial charge in [0, 0.05) is 13.5 Å². The second-order valence-corrected chi connectivity index (χ2v) is 5.61. The Kier molecular flexibility index (Phi) is 3.54. The molecule has 0 aromatic heterocycles. The molecule has 1 rings (SSSR count). The summed E-state index contributed by atoms with van der Waals surface area (Å²) in [5, 5.41) is 7.14. The monoisotopic (exact) mass is 241 g/mol.